The van der Waals surface area contributed by atoms with E-state index in [1.807, 2.05) is 19.9 Å². The third kappa shape index (κ3) is 5.74. The van der Waals surface area contributed by atoms with Crippen molar-refractivity contribution < 1.29 is 14.0 Å². The number of hydrogen-bond acceptors (Lipinski definition) is 4. The van der Waals surface area contributed by atoms with Gasteiger partial charge in [0.25, 0.3) is 0 Å². The van der Waals surface area contributed by atoms with Crippen LogP contribution < -0.4 is 10.2 Å². The number of nitrogens with one attached hydrogen (secondary N) is 1. The monoisotopic (exact) mass is 522 g/mol. The molecule has 0 radical (unpaired) electrons. The molecule has 8 heteroatoms. The number of rotatable bonds is 6. The molecule has 2 atom stereocenters. The highest BCUT2D eigenvalue weighted by Gasteiger charge is 2.40. The number of halogens is 1. The molecule has 1 aliphatic heterocycles. The van der Waals surface area contributed by atoms with E-state index in [0.29, 0.717) is 11.5 Å². The quantitative estimate of drug-likeness (QED) is 0.451. The van der Waals surface area contributed by atoms with Crippen molar-refractivity contribution in [2.75, 3.05) is 17.2 Å². The van der Waals surface area contributed by atoms with E-state index in [1.165, 1.54) is 12.1 Å². The van der Waals surface area contributed by atoms with Gasteiger partial charge in [-0.05, 0) is 50.1 Å². The van der Waals surface area contributed by atoms with Crippen LogP contribution in [0.1, 0.15) is 68.7 Å². The Morgan fingerprint density at radius 1 is 1.22 bits per heavy atom. The molecule has 1 N–H and O–H groups in total. The Morgan fingerprint density at radius 3 is 2.54 bits per heavy atom. The van der Waals surface area contributed by atoms with Gasteiger partial charge in [-0.15, -0.1) is 11.8 Å². The predicted octanol–water partition coefficient (Wildman–Crippen LogP) is 5.70. The second-order valence-corrected chi connectivity index (χ2v) is 11.8. The molecule has 0 saturated carbocycles. The molecule has 2 amide bonds. The summed E-state index contributed by atoms with van der Waals surface area (Å²) in [7, 11) is 0. The van der Waals surface area contributed by atoms with Gasteiger partial charge in [0.05, 0.1) is 22.4 Å². The summed E-state index contributed by atoms with van der Waals surface area (Å²) in [5.74, 6) is 0.0439. The van der Waals surface area contributed by atoms with Gasteiger partial charge in [0.2, 0.25) is 11.8 Å². The summed E-state index contributed by atoms with van der Waals surface area (Å²) in [6.07, 6.45) is 0.790. The Labute approximate surface area is 222 Å². The number of fused-ring (bicyclic) bond motifs is 1. The lowest BCUT2D eigenvalue weighted by Gasteiger charge is -2.25. The van der Waals surface area contributed by atoms with E-state index in [0.717, 1.165) is 28.8 Å². The van der Waals surface area contributed by atoms with Crippen LogP contribution in [0.4, 0.5) is 10.2 Å². The van der Waals surface area contributed by atoms with Crippen molar-refractivity contribution in [2.24, 2.45) is 0 Å². The number of benzene rings is 2. The van der Waals surface area contributed by atoms with E-state index < -0.39 is 0 Å². The minimum absolute atomic E-state index is 0.00406. The molecule has 1 aromatic heterocycles. The zero-order chi connectivity index (χ0) is 26.9. The van der Waals surface area contributed by atoms with Crippen molar-refractivity contribution in [3.8, 4) is 5.69 Å². The number of aryl methyl sites for hydroxylation is 1. The minimum atomic E-state index is -0.355. The first-order valence-electron chi connectivity index (χ1n) is 12.7. The summed E-state index contributed by atoms with van der Waals surface area (Å²) in [5.41, 5.74) is 4.23. The van der Waals surface area contributed by atoms with Crippen LogP contribution in [0.2, 0.25) is 0 Å². The van der Waals surface area contributed by atoms with Gasteiger partial charge in [-0.1, -0.05) is 57.5 Å². The number of hydrogen-bond donors (Lipinski definition) is 1. The lowest BCUT2D eigenvalue weighted by molar-refractivity contribution is -0.123. The first-order chi connectivity index (χ1) is 17.5. The largest absolute Gasteiger partial charge is 0.352 e. The van der Waals surface area contributed by atoms with Crippen LogP contribution in [-0.4, -0.2) is 39.9 Å². The Bertz CT molecular complexity index is 1300. The minimum Gasteiger partial charge on any atom is -0.352 e. The molecule has 3 aromatic rings. The molecule has 0 bridgehead atoms. The lowest BCUT2D eigenvalue weighted by Crippen LogP contribution is -2.44. The van der Waals surface area contributed by atoms with Crippen LogP contribution in [0.25, 0.3) is 5.69 Å². The normalized spacial score (nSPS) is 16.8. The number of anilines is 1. The summed E-state index contributed by atoms with van der Waals surface area (Å²) in [6, 6.07) is 14.3. The Morgan fingerprint density at radius 2 is 1.92 bits per heavy atom. The van der Waals surface area contributed by atoms with Crippen molar-refractivity contribution in [1.82, 2.24) is 15.1 Å². The Kier molecular flexibility index (Phi) is 7.78. The molecule has 4 rings (SSSR count). The second-order valence-electron chi connectivity index (χ2n) is 10.7. The van der Waals surface area contributed by atoms with Gasteiger partial charge in [0.15, 0.2) is 0 Å². The van der Waals surface area contributed by atoms with Gasteiger partial charge in [0.1, 0.15) is 18.2 Å². The van der Waals surface area contributed by atoms with Crippen LogP contribution >= 0.6 is 11.8 Å². The number of amides is 2. The fourth-order valence-corrected chi connectivity index (χ4v) is 5.69. The van der Waals surface area contributed by atoms with Gasteiger partial charge in [-0.25, -0.2) is 9.07 Å². The van der Waals surface area contributed by atoms with Crippen molar-refractivity contribution in [3.05, 3.63) is 76.7 Å². The van der Waals surface area contributed by atoms with Gasteiger partial charge in [-0.3, -0.25) is 14.5 Å². The first kappa shape index (κ1) is 26.9. The highest BCUT2D eigenvalue weighted by atomic mass is 32.2. The van der Waals surface area contributed by atoms with Crippen molar-refractivity contribution >= 4 is 29.4 Å². The standard InChI is InChI=1S/C29H35FN4O2S/c1-7-19(3)31-23(35)16-33-24(36)17-37-26(20-10-8-9-18(2)15-20)25-27(29(4,5)6)32-34(28(25)33)22-13-11-21(30)12-14-22/h8-15,19,26H,7,16-17H2,1-6H3,(H,31,35)/t19-,26-/m0/s1. The average molecular weight is 523 g/mol. The first-order valence-corrected chi connectivity index (χ1v) is 13.7. The molecule has 0 unspecified atom stereocenters. The highest BCUT2D eigenvalue weighted by molar-refractivity contribution is 8.00. The van der Waals surface area contributed by atoms with Crippen molar-refractivity contribution in [2.45, 2.75) is 64.7 Å². The van der Waals surface area contributed by atoms with Gasteiger partial charge in [-0.2, -0.15) is 5.10 Å². The van der Waals surface area contributed by atoms with E-state index in [9.17, 15) is 14.0 Å². The van der Waals surface area contributed by atoms with Crippen LogP contribution in [0, 0.1) is 12.7 Å². The van der Waals surface area contributed by atoms with Crippen LogP contribution in [0.15, 0.2) is 48.5 Å². The van der Waals surface area contributed by atoms with Crippen molar-refractivity contribution in [1.29, 1.82) is 0 Å². The van der Waals surface area contributed by atoms with Gasteiger partial charge >= 0.3 is 0 Å². The summed E-state index contributed by atoms with van der Waals surface area (Å²) in [6.45, 7) is 12.2. The van der Waals surface area contributed by atoms with Crippen LogP contribution in [0.5, 0.6) is 0 Å². The average Bonchev–Trinajstić information content (AvgIpc) is 3.17. The van der Waals surface area contributed by atoms with E-state index in [4.69, 9.17) is 5.10 Å². The maximum atomic E-state index is 13.8. The van der Waals surface area contributed by atoms with Crippen LogP contribution in [-0.2, 0) is 15.0 Å². The molecule has 6 nitrogen and oxygen atoms in total. The van der Waals surface area contributed by atoms with E-state index in [2.05, 4.69) is 51.2 Å². The fourth-order valence-electron chi connectivity index (χ4n) is 4.50. The molecule has 0 fully saturated rings. The maximum Gasteiger partial charge on any atom is 0.240 e. The molecule has 37 heavy (non-hydrogen) atoms. The second kappa shape index (κ2) is 10.7. The Hall–Kier alpha value is -3.13. The number of carbonyl (C=O) groups excluding carboxylic acids is 2. The molecular formula is C29H35FN4O2S. The van der Waals surface area contributed by atoms with Gasteiger partial charge in [0, 0.05) is 17.0 Å². The zero-order valence-electron chi connectivity index (χ0n) is 22.3. The molecule has 0 aliphatic carbocycles. The summed E-state index contributed by atoms with van der Waals surface area (Å²) < 4.78 is 15.5. The van der Waals surface area contributed by atoms with E-state index in [1.54, 1.807) is 33.5 Å². The third-order valence-corrected chi connectivity index (χ3v) is 7.79. The summed E-state index contributed by atoms with van der Waals surface area (Å²) >= 11 is 1.55. The Balaban J connectivity index is 1.98. The third-order valence-electron chi connectivity index (χ3n) is 6.54. The van der Waals surface area contributed by atoms with Crippen molar-refractivity contribution in [3.63, 3.8) is 0 Å². The number of aromatic nitrogens is 2. The zero-order valence-corrected chi connectivity index (χ0v) is 23.2. The molecule has 2 heterocycles. The number of nitrogens with zero attached hydrogens (tertiary/aromatic N) is 3. The molecular weight excluding hydrogens is 487 g/mol. The molecule has 196 valence electrons. The smallest absolute Gasteiger partial charge is 0.240 e. The molecule has 2 aromatic carbocycles. The fraction of sp³-hybridized carbons (Fsp3) is 0.414. The number of carbonyl (C=O) groups is 2. The SMILES string of the molecule is CC[C@H](C)NC(=O)CN1C(=O)CS[C@@H](c2cccc(C)c2)c2c(C(C)(C)C)nn(-c3ccc(F)cc3)c21. The molecule has 1 aliphatic rings. The number of thioether (sulfide) groups is 1. The van der Waals surface area contributed by atoms with E-state index >= 15 is 0 Å². The highest BCUT2D eigenvalue weighted by Crippen LogP contribution is 2.48. The maximum absolute atomic E-state index is 13.8. The van der Waals surface area contributed by atoms with E-state index in [-0.39, 0.29) is 46.6 Å². The van der Waals surface area contributed by atoms with Crippen LogP contribution in [0.3, 0.4) is 0 Å². The lowest BCUT2D eigenvalue weighted by atomic mass is 9.87. The van der Waals surface area contributed by atoms with Gasteiger partial charge < -0.3 is 5.32 Å². The molecule has 0 spiro atoms. The molecule has 0 saturated heterocycles. The topological polar surface area (TPSA) is 67.2 Å². The summed E-state index contributed by atoms with van der Waals surface area (Å²) in [4.78, 5) is 28.2. The predicted molar refractivity (Wildman–Crippen MR) is 148 cm³/mol. The summed E-state index contributed by atoms with van der Waals surface area (Å²) in [5, 5.41) is 7.85.